The van der Waals surface area contributed by atoms with Crippen LogP contribution in [0.5, 0.6) is 0 Å². The van der Waals surface area contributed by atoms with E-state index in [1.807, 2.05) is 18.2 Å². The summed E-state index contributed by atoms with van der Waals surface area (Å²) in [6, 6.07) is 38.2. The first-order valence-corrected chi connectivity index (χ1v) is 14.4. The average Bonchev–Trinajstić information content (AvgIpc) is 3.28. The molecule has 0 bridgehead atoms. The van der Waals surface area contributed by atoms with Crippen LogP contribution in [0.2, 0.25) is 0 Å². The van der Waals surface area contributed by atoms with Crippen molar-refractivity contribution in [1.82, 2.24) is 14.8 Å². The molecular formula is C38H34IrN3-. The monoisotopic (exact) mass is 725 g/mol. The number of aromatic nitrogens is 3. The molecule has 0 spiro atoms. The SMILES string of the molecule is CC(C)(C)c1ccc2c(c1)c1cc(C(C)(C)C)ccc1n2-c1nnc(-c2[c-]cccc2)c2cc3ccccc3cc12.[Ir]. The zero-order valence-electron chi connectivity index (χ0n) is 24.9. The number of benzene rings is 5. The maximum absolute atomic E-state index is 4.97. The van der Waals surface area contributed by atoms with Crippen LogP contribution in [0.1, 0.15) is 52.7 Å². The number of fused-ring (bicyclic) bond motifs is 5. The molecule has 0 N–H and O–H groups in total. The molecule has 3 nitrogen and oxygen atoms in total. The van der Waals surface area contributed by atoms with Gasteiger partial charge in [-0.1, -0.05) is 84.0 Å². The summed E-state index contributed by atoms with van der Waals surface area (Å²) >= 11 is 0. The van der Waals surface area contributed by atoms with Gasteiger partial charge in [0.05, 0.1) is 11.0 Å². The second kappa shape index (κ2) is 10.2. The molecule has 42 heavy (non-hydrogen) atoms. The molecule has 2 heterocycles. The fraction of sp³-hybridized carbons (Fsp3) is 0.211. The van der Waals surface area contributed by atoms with Crippen LogP contribution in [0.15, 0.2) is 97.1 Å². The molecule has 0 atom stereocenters. The molecule has 211 valence electrons. The predicted molar refractivity (Wildman–Crippen MR) is 173 cm³/mol. The van der Waals surface area contributed by atoms with Crippen LogP contribution in [0.4, 0.5) is 0 Å². The first kappa shape index (κ1) is 28.3. The van der Waals surface area contributed by atoms with Gasteiger partial charge in [0.1, 0.15) is 0 Å². The average molecular weight is 725 g/mol. The van der Waals surface area contributed by atoms with Gasteiger partial charge in [0.2, 0.25) is 0 Å². The Bertz CT molecular complexity index is 2040. The van der Waals surface area contributed by atoms with Gasteiger partial charge in [-0.3, -0.25) is 4.57 Å². The third-order valence-electron chi connectivity index (χ3n) is 8.30. The van der Waals surface area contributed by atoms with Gasteiger partial charge in [0, 0.05) is 42.0 Å². The number of hydrogen-bond acceptors (Lipinski definition) is 2. The van der Waals surface area contributed by atoms with E-state index in [0.29, 0.717) is 0 Å². The summed E-state index contributed by atoms with van der Waals surface area (Å²) in [6.07, 6.45) is 0. The number of nitrogens with zero attached hydrogens (tertiary/aromatic N) is 3. The van der Waals surface area contributed by atoms with Crippen LogP contribution in [-0.4, -0.2) is 14.8 Å². The Morgan fingerprint density at radius 2 is 1.12 bits per heavy atom. The molecule has 2 aromatic heterocycles. The minimum absolute atomic E-state index is 0. The Morgan fingerprint density at radius 3 is 1.64 bits per heavy atom. The zero-order chi connectivity index (χ0) is 28.5. The van der Waals surface area contributed by atoms with Crippen molar-refractivity contribution in [2.45, 2.75) is 52.4 Å². The predicted octanol–water partition coefficient (Wildman–Crippen LogP) is 9.94. The maximum atomic E-state index is 4.97. The summed E-state index contributed by atoms with van der Waals surface area (Å²) in [5.41, 5.74) is 6.81. The summed E-state index contributed by atoms with van der Waals surface area (Å²) in [7, 11) is 0. The van der Waals surface area contributed by atoms with Gasteiger partial charge in [0.15, 0.2) is 5.82 Å². The van der Waals surface area contributed by atoms with Crippen LogP contribution in [0.3, 0.4) is 0 Å². The standard InChI is InChI=1S/C38H34N3.Ir/c1-37(2,3)27-16-18-33-29(22-27)30-23-28(38(4,5)6)17-19-34(30)41(33)36-32-21-26-15-11-10-14-25(26)20-31(32)35(39-40-36)24-12-8-7-9-13-24;/h7-12,14-23H,1-6H3;/q-1;. The minimum atomic E-state index is 0. The molecule has 0 saturated heterocycles. The fourth-order valence-electron chi connectivity index (χ4n) is 5.92. The molecule has 0 fully saturated rings. The third-order valence-corrected chi connectivity index (χ3v) is 8.30. The van der Waals surface area contributed by atoms with E-state index in [4.69, 9.17) is 10.2 Å². The summed E-state index contributed by atoms with van der Waals surface area (Å²) in [5, 5.41) is 16.8. The van der Waals surface area contributed by atoms with Gasteiger partial charge < -0.3 is 0 Å². The van der Waals surface area contributed by atoms with Crippen LogP contribution < -0.4 is 0 Å². The van der Waals surface area contributed by atoms with E-state index in [-0.39, 0.29) is 30.9 Å². The first-order valence-electron chi connectivity index (χ1n) is 14.4. The first-order chi connectivity index (χ1) is 19.6. The van der Waals surface area contributed by atoms with Crippen molar-refractivity contribution in [3.05, 3.63) is 114 Å². The molecule has 4 heteroatoms. The van der Waals surface area contributed by atoms with E-state index in [0.717, 1.165) is 38.9 Å². The molecule has 0 aliphatic carbocycles. The Labute approximate surface area is 260 Å². The molecule has 0 aliphatic heterocycles. The quantitative estimate of drug-likeness (QED) is 0.131. The van der Waals surface area contributed by atoms with Crippen molar-refractivity contribution >= 4 is 43.4 Å². The van der Waals surface area contributed by atoms with Crippen LogP contribution in [-0.2, 0) is 30.9 Å². The fourth-order valence-corrected chi connectivity index (χ4v) is 5.92. The van der Waals surface area contributed by atoms with E-state index in [1.54, 1.807) is 0 Å². The summed E-state index contributed by atoms with van der Waals surface area (Å²) in [4.78, 5) is 0. The van der Waals surface area contributed by atoms with Gasteiger partial charge in [-0.25, -0.2) is 0 Å². The summed E-state index contributed by atoms with van der Waals surface area (Å²) in [6.45, 7) is 13.7. The van der Waals surface area contributed by atoms with Crippen LogP contribution in [0, 0.1) is 6.07 Å². The molecule has 1 radical (unpaired) electrons. The van der Waals surface area contributed by atoms with E-state index in [2.05, 4.69) is 131 Å². The molecule has 0 amide bonds. The maximum Gasteiger partial charge on any atom is 0.166 e. The zero-order valence-corrected chi connectivity index (χ0v) is 27.3. The topological polar surface area (TPSA) is 30.7 Å². The smallest absolute Gasteiger partial charge is 0.166 e. The van der Waals surface area contributed by atoms with Crippen LogP contribution in [0.25, 0.3) is 60.4 Å². The minimum Gasteiger partial charge on any atom is -0.292 e. The van der Waals surface area contributed by atoms with E-state index in [9.17, 15) is 0 Å². The summed E-state index contributed by atoms with van der Waals surface area (Å²) in [5.74, 6) is 0.845. The largest absolute Gasteiger partial charge is 0.292 e. The Balaban J connectivity index is 0.00000316. The van der Waals surface area contributed by atoms with Gasteiger partial charge in [-0.2, -0.15) is 5.10 Å². The van der Waals surface area contributed by atoms with E-state index < -0.39 is 0 Å². The van der Waals surface area contributed by atoms with Crippen molar-refractivity contribution in [2.75, 3.05) is 0 Å². The molecule has 0 aliphatic rings. The molecule has 5 aromatic carbocycles. The van der Waals surface area contributed by atoms with Crippen molar-refractivity contribution in [1.29, 1.82) is 0 Å². The van der Waals surface area contributed by atoms with Gasteiger partial charge in [-0.05, 0) is 68.4 Å². The van der Waals surface area contributed by atoms with Crippen LogP contribution >= 0.6 is 0 Å². The molecule has 0 saturated carbocycles. The van der Waals surface area contributed by atoms with Gasteiger partial charge in [0.25, 0.3) is 0 Å². The van der Waals surface area contributed by atoms with Crippen molar-refractivity contribution in [2.24, 2.45) is 0 Å². The molecule has 7 rings (SSSR count). The second-order valence-electron chi connectivity index (χ2n) is 13.2. The van der Waals surface area contributed by atoms with Crippen molar-refractivity contribution in [3.63, 3.8) is 0 Å². The Kier molecular flexibility index (Phi) is 6.84. The third kappa shape index (κ3) is 4.64. The Morgan fingerprint density at radius 1 is 0.571 bits per heavy atom. The second-order valence-corrected chi connectivity index (χ2v) is 13.2. The Hall–Kier alpha value is -3.85. The van der Waals surface area contributed by atoms with E-state index >= 15 is 0 Å². The number of rotatable bonds is 2. The molecular weight excluding hydrogens is 691 g/mol. The van der Waals surface area contributed by atoms with Gasteiger partial charge in [-0.15, -0.1) is 41.0 Å². The van der Waals surface area contributed by atoms with Crippen molar-refractivity contribution in [3.8, 4) is 17.1 Å². The number of hydrogen-bond donors (Lipinski definition) is 0. The van der Waals surface area contributed by atoms with Gasteiger partial charge >= 0.3 is 0 Å². The van der Waals surface area contributed by atoms with E-state index in [1.165, 1.54) is 32.7 Å². The summed E-state index contributed by atoms with van der Waals surface area (Å²) < 4.78 is 2.31. The molecule has 7 aromatic rings. The molecule has 0 unspecified atom stereocenters. The normalized spacial score (nSPS) is 12.3. The van der Waals surface area contributed by atoms with Crippen molar-refractivity contribution < 1.29 is 20.1 Å².